The molecule has 3 saturated heterocycles. The first kappa shape index (κ1) is 16.5. The number of hydrogen-bond acceptors (Lipinski definition) is 3. The smallest absolute Gasteiger partial charge is 0.270 e. The Morgan fingerprint density at radius 1 is 1.04 bits per heavy atom. The van der Waals surface area contributed by atoms with Gasteiger partial charge in [-0.15, -0.1) is 0 Å². The largest absolute Gasteiger partial charge is 0.340 e. The summed E-state index contributed by atoms with van der Waals surface area (Å²) in [5.74, 6) is 0.141. The quantitative estimate of drug-likeness (QED) is 0.837. The van der Waals surface area contributed by atoms with Crippen LogP contribution < -0.4 is 0 Å². The van der Waals surface area contributed by atoms with Crippen LogP contribution in [0.1, 0.15) is 47.9 Å². The number of hydrogen-bond donors (Lipinski definition) is 0. The van der Waals surface area contributed by atoms with Gasteiger partial charge in [-0.3, -0.25) is 14.6 Å². The predicted molar refractivity (Wildman–Crippen MR) is 99.9 cm³/mol. The van der Waals surface area contributed by atoms with Crippen LogP contribution in [0.15, 0.2) is 42.7 Å². The number of carbonyl (C=O) groups excluding carboxylic acids is 2. The Morgan fingerprint density at radius 3 is 2.67 bits per heavy atom. The van der Waals surface area contributed by atoms with E-state index in [1.165, 1.54) is 0 Å². The third kappa shape index (κ3) is 3.03. The number of fused-ring (bicyclic) bond motifs is 4. The number of aromatic nitrogens is 2. The zero-order valence-corrected chi connectivity index (χ0v) is 15.3. The molecule has 0 radical (unpaired) electrons. The van der Waals surface area contributed by atoms with Crippen LogP contribution in [0.4, 0.5) is 0 Å². The maximum Gasteiger partial charge on any atom is 0.270 e. The van der Waals surface area contributed by atoms with Gasteiger partial charge >= 0.3 is 0 Å². The van der Waals surface area contributed by atoms with Crippen LogP contribution >= 0.6 is 0 Å². The molecule has 5 heterocycles. The van der Waals surface area contributed by atoms with Gasteiger partial charge in [0, 0.05) is 37.6 Å². The molecule has 0 N–H and O–H groups in total. The Balaban J connectivity index is 1.38. The molecule has 3 aliphatic heterocycles. The van der Waals surface area contributed by atoms with Crippen LogP contribution in [0.5, 0.6) is 0 Å². The molecule has 27 heavy (non-hydrogen) atoms. The van der Waals surface area contributed by atoms with E-state index in [1.807, 2.05) is 46.3 Å². The molecule has 1 aliphatic carbocycles. The lowest BCUT2D eigenvalue weighted by Gasteiger charge is -2.35. The maximum absolute atomic E-state index is 13.2. The summed E-state index contributed by atoms with van der Waals surface area (Å²) in [6, 6.07) is 10.2. The number of nitrogens with zero attached hydrogens (tertiary/aromatic N) is 4. The second-order valence-electron chi connectivity index (χ2n) is 7.96. The molecule has 6 rings (SSSR count). The molecular weight excluding hydrogens is 340 g/mol. The van der Waals surface area contributed by atoms with Crippen LogP contribution in [-0.2, 0) is 11.3 Å². The van der Waals surface area contributed by atoms with Crippen molar-refractivity contribution in [2.45, 2.75) is 44.3 Å². The Bertz CT molecular complexity index is 858. The molecule has 2 aromatic heterocycles. The molecule has 2 aromatic rings. The highest BCUT2D eigenvalue weighted by atomic mass is 16.2. The summed E-state index contributed by atoms with van der Waals surface area (Å²) in [6.45, 7) is 1.67. The third-order valence-corrected chi connectivity index (χ3v) is 6.08. The molecule has 0 spiro atoms. The highest BCUT2D eigenvalue weighted by molar-refractivity contribution is 5.94. The van der Waals surface area contributed by atoms with Crippen LogP contribution in [0.2, 0.25) is 0 Å². The highest BCUT2D eigenvalue weighted by Crippen LogP contribution is 2.37. The van der Waals surface area contributed by atoms with Gasteiger partial charge in [0.05, 0.1) is 18.2 Å². The van der Waals surface area contributed by atoms with Crippen molar-refractivity contribution in [2.75, 3.05) is 13.1 Å². The molecular formula is C21H24N4O2. The Kier molecular flexibility index (Phi) is 3.99. The number of amides is 2. The van der Waals surface area contributed by atoms with Gasteiger partial charge in [0.15, 0.2) is 0 Å². The van der Waals surface area contributed by atoms with Gasteiger partial charge in [-0.1, -0.05) is 6.07 Å². The fraction of sp³-hybridized carbons (Fsp3) is 0.476. The van der Waals surface area contributed by atoms with E-state index in [4.69, 9.17) is 0 Å². The zero-order valence-electron chi connectivity index (χ0n) is 15.3. The van der Waals surface area contributed by atoms with Crippen LogP contribution in [0.25, 0.3) is 0 Å². The number of pyridine rings is 1. The van der Waals surface area contributed by atoms with Gasteiger partial charge in [0.1, 0.15) is 5.69 Å². The molecule has 2 bridgehead atoms. The lowest BCUT2D eigenvalue weighted by molar-refractivity contribution is -0.140. The molecule has 0 unspecified atom stereocenters. The molecule has 1 saturated carbocycles. The maximum atomic E-state index is 13.2. The first-order chi connectivity index (χ1) is 13.2. The highest BCUT2D eigenvalue weighted by Gasteiger charge is 2.42. The first-order valence-electron chi connectivity index (χ1n) is 9.87. The minimum atomic E-state index is -0.0965. The van der Waals surface area contributed by atoms with Gasteiger partial charge in [0.25, 0.3) is 5.91 Å². The number of piperidine rings is 1. The Labute approximate surface area is 158 Å². The van der Waals surface area contributed by atoms with Crippen molar-refractivity contribution in [3.05, 3.63) is 54.1 Å². The van der Waals surface area contributed by atoms with Crippen molar-refractivity contribution in [2.24, 2.45) is 5.92 Å². The Hall–Kier alpha value is -2.63. The van der Waals surface area contributed by atoms with Crippen molar-refractivity contribution < 1.29 is 9.59 Å². The summed E-state index contributed by atoms with van der Waals surface area (Å²) in [5, 5.41) is 0. The van der Waals surface area contributed by atoms with Gasteiger partial charge in [0.2, 0.25) is 5.91 Å². The minimum absolute atomic E-state index is 0.0660. The van der Waals surface area contributed by atoms with Crippen LogP contribution in [0, 0.1) is 5.92 Å². The molecule has 140 valence electrons. The molecule has 6 nitrogen and oxygen atoms in total. The fourth-order valence-electron chi connectivity index (χ4n) is 4.49. The molecule has 6 heteroatoms. The van der Waals surface area contributed by atoms with Gasteiger partial charge in [-0.05, 0) is 49.9 Å². The van der Waals surface area contributed by atoms with E-state index < -0.39 is 0 Å². The van der Waals surface area contributed by atoms with E-state index in [1.54, 1.807) is 6.20 Å². The Morgan fingerprint density at radius 2 is 1.89 bits per heavy atom. The minimum Gasteiger partial charge on any atom is -0.340 e. The molecule has 0 aromatic carbocycles. The van der Waals surface area contributed by atoms with Crippen LogP contribution in [-0.4, -0.2) is 50.3 Å². The van der Waals surface area contributed by atoms with E-state index in [9.17, 15) is 9.59 Å². The van der Waals surface area contributed by atoms with E-state index in [0.717, 1.165) is 37.1 Å². The normalized spacial score (nSPS) is 25.0. The van der Waals surface area contributed by atoms with Crippen molar-refractivity contribution in [3.63, 3.8) is 0 Å². The summed E-state index contributed by atoms with van der Waals surface area (Å²) < 4.78 is 2.11. The topological polar surface area (TPSA) is 58.4 Å². The van der Waals surface area contributed by atoms with Crippen LogP contribution in [0.3, 0.4) is 0 Å². The standard InChI is InChI=1S/C21H24N4O2/c26-20-15-6-7-18(25(20)13-16-4-1-2-10-22-16)14-23(12-15)21(27)19-5-3-11-24(19)17-8-9-17/h1-5,10-11,15,17-18H,6-9,12-14H2/t15-,18+/m0/s1. The van der Waals surface area contributed by atoms with Gasteiger partial charge in [-0.2, -0.15) is 0 Å². The van der Waals surface area contributed by atoms with Gasteiger partial charge in [-0.25, -0.2) is 0 Å². The number of carbonyl (C=O) groups is 2. The van der Waals surface area contributed by atoms with Crippen molar-refractivity contribution in [1.29, 1.82) is 0 Å². The van der Waals surface area contributed by atoms with Crippen molar-refractivity contribution in [1.82, 2.24) is 19.4 Å². The van der Waals surface area contributed by atoms with E-state index in [-0.39, 0.29) is 23.8 Å². The fourth-order valence-corrected chi connectivity index (χ4v) is 4.49. The second-order valence-corrected chi connectivity index (χ2v) is 7.96. The second kappa shape index (κ2) is 6.51. The van der Waals surface area contributed by atoms with E-state index >= 15 is 0 Å². The average Bonchev–Trinajstić information content (AvgIpc) is 3.48. The number of rotatable bonds is 4. The van der Waals surface area contributed by atoms with E-state index in [0.29, 0.717) is 25.7 Å². The van der Waals surface area contributed by atoms with Crippen molar-refractivity contribution >= 4 is 11.8 Å². The lowest BCUT2D eigenvalue weighted by Crippen LogP contribution is -2.47. The van der Waals surface area contributed by atoms with E-state index in [2.05, 4.69) is 9.55 Å². The SMILES string of the molecule is O=C(c1cccn1C1CC1)N1C[C@@H]2CC[C@H](C1)N(Cc1ccccn1)C2=O. The summed E-state index contributed by atoms with van der Waals surface area (Å²) in [7, 11) is 0. The monoisotopic (exact) mass is 364 g/mol. The summed E-state index contributed by atoms with van der Waals surface area (Å²) in [5.41, 5.74) is 1.67. The summed E-state index contributed by atoms with van der Waals surface area (Å²) in [6.07, 6.45) is 7.90. The third-order valence-electron chi connectivity index (χ3n) is 6.08. The predicted octanol–water partition coefficient (Wildman–Crippen LogP) is 2.48. The van der Waals surface area contributed by atoms with Gasteiger partial charge < -0.3 is 14.4 Å². The molecule has 4 aliphatic rings. The van der Waals surface area contributed by atoms with Crippen molar-refractivity contribution in [3.8, 4) is 0 Å². The molecule has 2 atom stereocenters. The average molecular weight is 364 g/mol. The first-order valence-corrected chi connectivity index (χ1v) is 9.87. The summed E-state index contributed by atoms with van der Waals surface area (Å²) >= 11 is 0. The summed E-state index contributed by atoms with van der Waals surface area (Å²) in [4.78, 5) is 34.5. The molecule has 2 amide bonds. The zero-order chi connectivity index (χ0) is 18.4. The lowest BCUT2D eigenvalue weighted by atomic mass is 9.94. The molecule has 4 fully saturated rings.